The van der Waals surface area contributed by atoms with Gasteiger partial charge in [-0.1, -0.05) is 22.0 Å². The predicted molar refractivity (Wildman–Crippen MR) is 95.7 cm³/mol. The summed E-state index contributed by atoms with van der Waals surface area (Å²) in [4.78, 5) is 12.2. The summed E-state index contributed by atoms with van der Waals surface area (Å²) in [7, 11) is 0. The van der Waals surface area contributed by atoms with Crippen LogP contribution in [0.3, 0.4) is 0 Å². The van der Waals surface area contributed by atoms with Gasteiger partial charge in [0.15, 0.2) is 5.69 Å². The van der Waals surface area contributed by atoms with Gasteiger partial charge in [-0.25, -0.2) is 4.68 Å². The molecule has 1 N–H and O–H groups in total. The van der Waals surface area contributed by atoms with Gasteiger partial charge in [-0.05, 0) is 42.5 Å². The summed E-state index contributed by atoms with van der Waals surface area (Å²) in [5, 5.41) is 5.59. The standard InChI is InChI=1S/C18H10BrF6N3O/c19-11-3-1-2-10(8-11)16(29)26-12-4-6-13(7-5-12)28-15(18(23,24)25)9-14(27-28)17(20,21)22/h1-9H,(H,26,29). The Kier molecular flexibility index (Phi) is 5.44. The molecule has 1 heterocycles. The van der Waals surface area contributed by atoms with Crippen LogP contribution in [0.2, 0.25) is 0 Å². The SMILES string of the molecule is O=C(Nc1ccc(-n2nc(C(F)(F)F)cc2C(F)(F)F)cc1)c1cccc(Br)c1. The second-order valence-corrected chi connectivity index (χ2v) is 6.75. The van der Waals surface area contributed by atoms with E-state index in [0.717, 1.165) is 12.1 Å². The molecule has 0 spiro atoms. The Morgan fingerprint density at radius 2 is 1.59 bits per heavy atom. The third-order valence-corrected chi connectivity index (χ3v) is 4.24. The van der Waals surface area contributed by atoms with Gasteiger partial charge in [0.1, 0.15) is 5.69 Å². The fourth-order valence-electron chi connectivity index (χ4n) is 2.44. The van der Waals surface area contributed by atoms with Crippen LogP contribution in [0.4, 0.5) is 32.0 Å². The summed E-state index contributed by atoms with van der Waals surface area (Å²) >= 11 is 3.23. The number of hydrogen-bond donors (Lipinski definition) is 1. The van der Waals surface area contributed by atoms with Crippen molar-refractivity contribution in [3.63, 3.8) is 0 Å². The molecule has 1 amide bonds. The minimum Gasteiger partial charge on any atom is -0.322 e. The van der Waals surface area contributed by atoms with E-state index in [2.05, 4.69) is 26.3 Å². The minimum atomic E-state index is -5.04. The molecule has 4 nitrogen and oxygen atoms in total. The molecule has 0 saturated carbocycles. The Hall–Kier alpha value is -2.82. The molecular weight excluding hydrogens is 468 g/mol. The van der Waals surface area contributed by atoms with E-state index in [0.29, 0.717) is 10.0 Å². The van der Waals surface area contributed by atoms with E-state index in [9.17, 15) is 31.1 Å². The first-order valence-electron chi connectivity index (χ1n) is 7.87. The highest BCUT2D eigenvalue weighted by atomic mass is 79.9. The largest absolute Gasteiger partial charge is 0.435 e. The van der Waals surface area contributed by atoms with Crippen LogP contribution in [0, 0.1) is 0 Å². The average molecular weight is 478 g/mol. The average Bonchev–Trinajstić information content (AvgIpc) is 3.08. The molecule has 0 bridgehead atoms. The molecule has 0 fully saturated rings. The number of nitrogens with one attached hydrogen (secondary N) is 1. The molecule has 3 rings (SSSR count). The first-order chi connectivity index (χ1) is 13.4. The molecule has 11 heteroatoms. The van der Waals surface area contributed by atoms with Crippen molar-refractivity contribution in [3.05, 3.63) is 76.0 Å². The van der Waals surface area contributed by atoms with Crippen molar-refractivity contribution >= 4 is 27.5 Å². The van der Waals surface area contributed by atoms with Gasteiger partial charge in [-0.2, -0.15) is 31.4 Å². The molecule has 152 valence electrons. The number of halogens is 7. The van der Waals surface area contributed by atoms with Crippen molar-refractivity contribution in [2.45, 2.75) is 12.4 Å². The lowest BCUT2D eigenvalue weighted by Gasteiger charge is -2.11. The summed E-state index contributed by atoms with van der Waals surface area (Å²) in [5.41, 5.74) is -2.87. The van der Waals surface area contributed by atoms with Crippen LogP contribution in [-0.4, -0.2) is 15.7 Å². The van der Waals surface area contributed by atoms with E-state index in [-0.39, 0.29) is 22.1 Å². The number of benzene rings is 2. The molecular formula is C18H10BrF6N3O. The smallest absolute Gasteiger partial charge is 0.322 e. The van der Waals surface area contributed by atoms with E-state index in [1.54, 1.807) is 24.3 Å². The van der Waals surface area contributed by atoms with Gasteiger partial charge in [0.05, 0.1) is 5.69 Å². The maximum Gasteiger partial charge on any atom is 0.435 e. The molecule has 0 radical (unpaired) electrons. The van der Waals surface area contributed by atoms with E-state index in [1.165, 1.54) is 12.1 Å². The van der Waals surface area contributed by atoms with E-state index < -0.39 is 29.6 Å². The minimum absolute atomic E-state index is 0.0526. The lowest BCUT2D eigenvalue weighted by atomic mass is 10.2. The monoisotopic (exact) mass is 477 g/mol. The lowest BCUT2D eigenvalue weighted by molar-refractivity contribution is -0.143. The van der Waals surface area contributed by atoms with Gasteiger partial charge < -0.3 is 5.32 Å². The topological polar surface area (TPSA) is 46.9 Å². The summed E-state index contributed by atoms with van der Waals surface area (Å²) in [6, 6.07) is 11.2. The predicted octanol–water partition coefficient (Wildman–Crippen LogP) is 5.92. The van der Waals surface area contributed by atoms with Crippen LogP contribution >= 0.6 is 15.9 Å². The Morgan fingerprint density at radius 1 is 0.931 bits per heavy atom. The molecule has 2 aromatic carbocycles. The van der Waals surface area contributed by atoms with E-state index >= 15 is 0 Å². The number of carbonyl (C=O) groups excluding carboxylic acids is 1. The molecule has 0 aliphatic heterocycles. The second-order valence-electron chi connectivity index (χ2n) is 5.83. The number of anilines is 1. The summed E-state index contributed by atoms with van der Waals surface area (Å²) < 4.78 is 78.6. The Balaban J connectivity index is 1.89. The van der Waals surface area contributed by atoms with Crippen LogP contribution in [0.15, 0.2) is 59.1 Å². The summed E-state index contributed by atoms with van der Waals surface area (Å²) in [5.74, 6) is -0.464. The third-order valence-electron chi connectivity index (χ3n) is 3.75. The number of alkyl halides is 6. The molecule has 0 atom stereocenters. The highest BCUT2D eigenvalue weighted by molar-refractivity contribution is 9.10. The number of aromatic nitrogens is 2. The molecule has 0 saturated heterocycles. The van der Waals surface area contributed by atoms with Crippen molar-refractivity contribution < 1.29 is 31.1 Å². The molecule has 0 unspecified atom stereocenters. The van der Waals surface area contributed by atoms with Crippen LogP contribution in [0.25, 0.3) is 5.69 Å². The zero-order valence-electron chi connectivity index (χ0n) is 14.1. The number of nitrogens with zero attached hydrogens (tertiary/aromatic N) is 2. The Labute approximate surface area is 168 Å². The fourth-order valence-corrected chi connectivity index (χ4v) is 2.84. The number of hydrogen-bond acceptors (Lipinski definition) is 2. The van der Waals surface area contributed by atoms with E-state index in [4.69, 9.17) is 0 Å². The van der Waals surface area contributed by atoms with Crippen molar-refractivity contribution in [1.82, 2.24) is 9.78 Å². The first-order valence-corrected chi connectivity index (χ1v) is 8.66. The van der Waals surface area contributed by atoms with Crippen molar-refractivity contribution in [2.75, 3.05) is 5.32 Å². The van der Waals surface area contributed by atoms with Crippen LogP contribution in [-0.2, 0) is 12.4 Å². The van der Waals surface area contributed by atoms with Gasteiger partial charge in [-0.15, -0.1) is 0 Å². The second kappa shape index (κ2) is 7.54. The Bertz CT molecular complexity index is 1040. The quantitative estimate of drug-likeness (QED) is 0.475. The van der Waals surface area contributed by atoms with Crippen LogP contribution in [0.5, 0.6) is 0 Å². The normalized spacial score (nSPS) is 12.1. The zero-order chi connectivity index (χ0) is 21.4. The van der Waals surface area contributed by atoms with E-state index in [1.807, 2.05) is 0 Å². The van der Waals surface area contributed by atoms with Gasteiger partial charge in [0.25, 0.3) is 5.91 Å². The third kappa shape index (κ3) is 4.78. The fraction of sp³-hybridized carbons (Fsp3) is 0.111. The van der Waals surface area contributed by atoms with Crippen LogP contribution in [0.1, 0.15) is 21.7 Å². The highest BCUT2D eigenvalue weighted by Gasteiger charge is 2.42. The molecule has 3 aromatic rings. The van der Waals surface area contributed by atoms with Gasteiger partial charge >= 0.3 is 12.4 Å². The van der Waals surface area contributed by atoms with Crippen molar-refractivity contribution in [1.29, 1.82) is 0 Å². The van der Waals surface area contributed by atoms with Crippen LogP contribution < -0.4 is 5.32 Å². The van der Waals surface area contributed by atoms with Gasteiger partial charge in [0, 0.05) is 21.8 Å². The lowest BCUT2D eigenvalue weighted by Crippen LogP contribution is -2.14. The van der Waals surface area contributed by atoms with Gasteiger partial charge in [0.2, 0.25) is 0 Å². The summed E-state index contributed by atoms with van der Waals surface area (Å²) in [6.07, 6.45) is -10.1. The van der Waals surface area contributed by atoms with Crippen molar-refractivity contribution in [2.24, 2.45) is 0 Å². The first kappa shape index (κ1) is 20.9. The number of carbonyl (C=O) groups is 1. The molecule has 0 aliphatic rings. The molecule has 1 aromatic heterocycles. The zero-order valence-corrected chi connectivity index (χ0v) is 15.7. The maximum atomic E-state index is 13.1. The highest BCUT2D eigenvalue weighted by Crippen LogP contribution is 2.36. The maximum absolute atomic E-state index is 13.1. The molecule has 29 heavy (non-hydrogen) atoms. The summed E-state index contributed by atoms with van der Waals surface area (Å²) in [6.45, 7) is 0. The Morgan fingerprint density at radius 3 is 2.14 bits per heavy atom. The van der Waals surface area contributed by atoms with Gasteiger partial charge in [-0.3, -0.25) is 4.79 Å². The number of rotatable bonds is 3. The molecule has 0 aliphatic carbocycles. The van der Waals surface area contributed by atoms with Crippen molar-refractivity contribution in [3.8, 4) is 5.69 Å². The number of amides is 1.